The molecule has 0 aliphatic carbocycles. The number of benzene rings is 1. The molecule has 5 nitrogen and oxygen atoms in total. The average Bonchev–Trinajstić information content (AvgIpc) is 2.72. The van der Waals surface area contributed by atoms with Gasteiger partial charge in [-0.1, -0.05) is 12.1 Å². The van der Waals surface area contributed by atoms with Gasteiger partial charge in [0.25, 0.3) is 11.8 Å². The van der Waals surface area contributed by atoms with Crippen LogP contribution in [0.5, 0.6) is 5.75 Å². The number of aromatic hydroxyl groups is 1. The number of imide groups is 1. The number of nitrogens with zero attached hydrogens (tertiary/aromatic N) is 2. The number of amides is 2. The van der Waals surface area contributed by atoms with Gasteiger partial charge >= 0.3 is 0 Å². The zero-order valence-corrected chi connectivity index (χ0v) is 10.8. The van der Waals surface area contributed by atoms with Crippen molar-refractivity contribution < 1.29 is 14.7 Å². The van der Waals surface area contributed by atoms with Gasteiger partial charge in [-0.05, 0) is 30.7 Å². The van der Waals surface area contributed by atoms with Crippen molar-refractivity contribution in [1.29, 1.82) is 0 Å². The van der Waals surface area contributed by atoms with Gasteiger partial charge in [0.1, 0.15) is 5.75 Å². The fraction of sp³-hybridized carbons (Fsp3) is 0.133. The monoisotopic (exact) mass is 268 g/mol. The molecular weight excluding hydrogens is 256 g/mol. The molecule has 0 saturated carbocycles. The van der Waals surface area contributed by atoms with Gasteiger partial charge in [-0.2, -0.15) is 0 Å². The lowest BCUT2D eigenvalue weighted by Crippen LogP contribution is -2.32. The van der Waals surface area contributed by atoms with Crippen molar-refractivity contribution >= 4 is 11.8 Å². The molecule has 2 aromatic rings. The number of aromatic nitrogens is 1. The summed E-state index contributed by atoms with van der Waals surface area (Å²) in [5.41, 5.74) is 1.50. The fourth-order valence-electron chi connectivity index (χ4n) is 2.36. The van der Waals surface area contributed by atoms with Crippen molar-refractivity contribution in [2.45, 2.75) is 13.0 Å². The van der Waals surface area contributed by atoms with Crippen LogP contribution in [0.3, 0.4) is 0 Å². The van der Waals surface area contributed by atoms with Crippen LogP contribution >= 0.6 is 0 Å². The summed E-state index contributed by atoms with van der Waals surface area (Å²) in [7, 11) is 0. The van der Waals surface area contributed by atoms with Gasteiger partial charge in [0, 0.05) is 12.4 Å². The minimum absolute atomic E-state index is 0.146. The zero-order valence-electron chi connectivity index (χ0n) is 10.8. The predicted molar refractivity (Wildman–Crippen MR) is 71.3 cm³/mol. The Bertz CT molecular complexity index is 660. The van der Waals surface area contributed by atoms with Crippen molar-refractivity contribution in [3.63, 3.8) is 0 Å². The van der Waals surface area contributed by atoms with Gasteiger partial charge in [0.2, 0.25) is 0 Å². The van der Waals surface area contributed by atoms with E-state index in [0.29, 0.717) is 11.1 Å². The lowest BCUT2D eigenvalue weighted by atomic mass is 10.1. The Kier molecular flexibility index (Phi) is 2.75. The molecule has 20 heavy (non-hydrogen) atoms. The van der Waals surface area contributed by atoms with Gasteiger partial charge in [-0.15, -0.1) is 0 Å². The highest BCUT2D eigenvalue weighted by Gasteiger charge is 2.38. The third-order valence-corrected chi connectivity index (χ3v) is 3.48. The molecule has 1 atom stereocenters. The standard InChI is InChI=1S/C15H12N2O3/c1-9(10-2-4-11(18)5-3-10)17-14(19)12-6-7-16-8-13(12)15(17)20/h2-9,18H,1H3. The van der Waals surface area contributed by atoms with Gasteiger partial charge in [0.05, 0.1) is 17.2 Å². The van der Waals surface area contributed by atoms with Crippen LogP contribution in [0.25, 0.3) is 0 Å². The number of rotatable bonds is 2. The van der Waals surface area contributed by atoms with Crippen molar-refractivity contribution in [2.75, 3.05) is 0 Å². The molecule has 100 valence electrons. The number of hydrogen-bond donors (Lipinski definition) is 1. The number of carbonyl (C=O) groups excluding carboxylic acids is 2. The SMILES string of the molecule is CC(c1ccc(O)cc1)N1C(=O)c2ccncc2C1=O. The summed E-state index contributed by atoms with van der Waals surface area (Å²) in [6, 6.07) is 7.61. The number of pyridine rings is 1. The van der Waals surface area contributed by atoms with Crippen molar-refractivity contribution in [1.82, 2.24) is 9.88 Å². The Morgan fingerprint density at radius 3 is 2.35 bits per heavy atom. The van der Waals surface area contributed by atoms with Crippen LogP contribution in [0.4, 0.5) is 0 Å². The van der Waals surface area contributed by atoms with E-state index in [1.807, 2.05) is 0 Å². The molecule has 0 bridgehead atoms. The molecule has 2 heterocycles. The number of hydrogen-bond acceptors (Lipinski definition) is 4. The van der Waals surface area contributed by atoms with E-state index in [1.165, 1.54) is 29.4 Å². The van der Waals surface area contributed by atoms with Crippen LogP contribution in [0.1, 0.15) is 39.2 Å². The summed E-state index contributed by atoms with van der Waals surface area (Å²) < 4.78 is 0. The second kappa shape index (κ2) is 4.45. The molecule has 1 unspecified atom stereocenters. The van der Waals surface area contributed by atoms with Crippen LogP contribution in [-0.2, 0) is 0 Å². The highest BCUT2D eigenvalue weighted by molar-refractivity contribution is 6.21. The maximum atomic E-state index is 12.3. The smallest absolute Gasteiger partial charge is 0.263 e. The van der Waals surface area contributed by atoms with Crippen molar-refractivity contribution in [3.8, 4) is 5.75 Å². The molecule has 0 spiro atoms. The molecular formula is C15H12N2O3. The topological polar surface area (TPSA) is 70.5 Å². The van der Waals surface area contributed by atoms with Gasteiger partial charge < -0.3 is 5.11 Å². The molecule has 0 radical (unpaired) electrons. The van der Waals surface area contributed by atoms with E-state index >= 15 is 0 Å². The van der Waals surface area contributed by atoms with E-state index in [4.69, 9.17) is 0 Å². The molecule has 1 aliphatic heterocycles. The largest absolute Gasteiger partial charge is 0.508 e. The highest BCUT2D eigenvalue weighted by atomic mass is 16.3. The molecule has 1 aromatic heterocycles. The quantitative estimate of drug-likeness (QED) is 0.847. The molecule has 2 amide bonds. The maximum Gasteiger partial charge on any atom is 0.263 e. The Labute approximate surface area is 115 Å². The Balaban J connectivity index is 1.98. The van der Waals surface area contributed by atoms with Crippen LogP contribution in [0.2, 0.25) is 0 Å². The van der Waals surface area contributed by atoms with Crippen LogP contribution < -0.4 is 0 Å². The molecule has 3 rings (SSSR count). The van der Waals surface area contributed by atoms with E-state index in [0.717, 1.165) is 5.56 Å². The highest BCUT2D eigenvalue weighted by Crippen LogP contribution is 2.31. The lowest BCUT2D eigenvalue weighted by molar-refractivity contribution is 0.0595. The van der Waals surface area contributed by atoms with Crippen LogP contribution in [0.15, 0.2) is 42.7 Å². The molecule has 1 N–H and O–H groups in total. The summed E-state index contributed by atoms with van der Waals surface area (Å²) in [6.07, 6.45) is 2.91. The van der Waals surface area contributed by atoms with E-state index < -0.39 is 6.04 Å². The third-order valence-electron chi connectivity index (χ3n) is 3.48. The fourth-order valence-corrected chi connectivity index (χ4v) is 2.36. The number of fused-ring (bicyclic) bond motifs is 1. The lowest BCUT2D eigenvalue weighted by Gasteiger charge is -2.22. The maximum absolute atomic E-state index is 12.3. The second-order valence-corrected chi connectivity index (χ2v) is 4.67. The number of phenolic OH excluding ortho intramolecular Hbond substituents is 1. The van der Waals surface area contributed by atoms with Crippen molar-refractivity contribution in [2.24, 2.45) is 0 Å². The molecule has 0 fully saturated rings. The van der Waals surface area contributed by atoms with Crippen LogP contribution in [0, 0.1) is 0 Å². The van der Waals surface area contributed by atoms with Crippen LogP contribution in [-0.4, -0.2) is 26.8 Å². The second-order valence-electron chi connectivity index (χ2n) is 4.67. The first-order valence-corrected chi connectivity index (χ1v) is 6.20. The van der Waals surface area contributed by atoms with E-state index in [9.17, 15) is 14.7 Å². The van der Waals surface area contributed by atoms with Gasteiger partial charge in [-0.3, -0.25) is 19.5 Å². The number of carbonyl (C=O) groups is 2. The predicted octanol–water partition coefficient (Wildman–Crippen LogP) is 2.14. The summed E-state index contributed by atoms with van der Waals surface area (Å²) in [4.78, 5) is 29.7. The van der Waals surface area contributed by atoms with Crippen molar-refractivity contribution in [3.05, 3.63) is 59.4 Å². The first-order valence-electron chi connectivity index (χ1n) is 6.20. The summed E-state index contributed by atoms with van der Waals surface area (Å²) in [5, 5.41) is 9.29. The number of phenols is 1. The van der Waals surface area contributed by atoms with E-state index in [1.54, 1.807) is 25.1 Å². The summed E-state index contributed by atoms with van der Waals surface area (Å²) >= 11 is 0. The minimum Gasteiger partial charge on any atom is -0.508 e. The molecule has 0 saturated heterocycles. The Morgan fingerprint density at radius 2 is 1.70 bits per heavy atom. The van der Waals surface area contributed by atoms with E-state index in [2.05, 4.69) is 4.98 Å². The first kappa shape index (κ1) is 12.3. The Morgan fingerprint density at radius 1 is 1.05 bits per heavy atom. The first-order chi connectivity index (χ1) is 9.59. The minimum atomic E-state index is -0.400. The normalized spacial score (nSPS) is 15.3. The van der Waals surface area contributed by atoms with Gasteiger partial charge in [0.15, 0.2) is 0 Å². The zero-order chi connectivity index (χ0) is 14.3. The Hall–Kier alpha value is -2.69. The molecule has 1 aliphatic rings. The third kappa shape index (κ3) is 1.75. The molecule has 5 heteroatoms. The summed E-state index contributed by atoms with van der Waals surface area (Å²) in [5.74, 6) is -0.501. The molecule has 1 aromatic carbocycles. The van der Waals surface area contributed by atoms with E-state index in [-0.39, 0.29) is 17.6 Å². The summed E-state index contributed by atoms with van der Waals surface area (Å²) in [6.45, 7) is 1.78. The van der Waals surface area contributed by atoms with Gasteiger partial charge in [-0.25, -0.2) is 0 Å². The average molecular weight is 268 g/mol.